The summed E-state index contributed by atoms with van der Waals surface area (Å²) in [4.78, 5) is 0. The molecule has 2 spiro atoms. The molecule has 6 rings (SSSR count). The second-order valence-corrected chi connectivity index (χ2v) is 12.2. The van der Waals surface area contributed by atoms with E-state index in [4.69, 9.17) is 4.74 Å². The number of aryl methyl sites for hydroxylation is 1. The maximum Gasteiger partial charge on any atom is 0.0974 e. The van der Waals surface area contributed by atoms with E-state index >= 15 is 0 Å². The Kier molecular flexibility index (Phi) is 4.65. The predicted molar refractivity (Wildman–Crippen MR) is 129 cm³/mol. The molecule has 0 amide bonds. The van der Waals surface area contributed by atoms with Gasteiger partial charge in [0.25, 0.3) is 0 Å². The van der Waals surface area contributed by atoms with Crippen molar-refractivity contribution in [2.75, 3.05) is 14.1 Å². The maximum absolute atomic E-state index is 12.8. The summed E-state index contributed by atoms with van der Waals surface area (Å²) in [5, 5.41) is 12.8. The molecule has 2 heterocycles. The molecule has 1 aromatic rings. The van der Waals surface area contributed by atoms with Gasteiger partial charge in [0.15, 0.2) is 0 Å². The summed E-state index contributed by atoms with van der Waals surface area (Å²) in [6, 6.07) is 11.2. The summed E-state index contributed by atoms with van der Waals surface area (Å²) in [6.07, 6.45) is 16.6. The normalized spacial score (nSPS) is 42.6. The highest BCUT2D eigenvalue weighted by molar-refractivity contribution is 5.47. The van der Waals surface area contributed by atoms with Gasteiger partial charge in [0.1, 0.15) is 0 Å². The molecule has 3 nitrogen and oxygen atoms in total. The van der Waals surface area contributed by atoms with Crippen LogP contribution in [-0.2, 0) is 11.2 Å². The van der Waals surface area contributed by atoms with Gasteiger partial charge >= 0.3 is 0 Å². The highest BCUT2D eigenvalue weighted by atomic mass is 16.5. The summed E-state index contributed by atoms with van der Waals surface area (Å²) in [7, 11) is 3.64. The number of quaternary nitrogens is 1. The number of hydroxylamine groups is 3. The zero-order valence-electron chi connectivity index (χ0n) is 20.1. The van der Waals surface area contributed by atoms with E-state index in [2.05, 4.69) is 49.4 Å². The third kappa shape index (κ3) is 2.97. The van der Waals surface area contributed by atoms with Crippen LogP contribution in [0.1, 0.15) is 70.3 Å². The monoisotopic (exact) mass is 433 g/mol. The third-order valence-electron chi connectivity index (χ3n) is 10.4. The van der Waals surface area contributed by atoms with E-state index in [1.165, 1.54) is 48.8 Å². The summed E-state index contributed by atoms with van der Waals surface area (Å²) in [6.45, 7) is 2.57. The molecule has 0 radical (unpaired) electrons. The van der Waals surface area contributed by atoms with Crippen molar-refractivity contribution in [1.82, 2.24) is 0 Å². The van der Waals surface area contributed by atoms with Crippen LogP contribution in [0.4, 0.5) is 0 Å². The lowest BCUT2D eigenvalue weighted by molar-refractivity contribution is -0.869. The van der Waals surface area contributed by atoms with Crippen LogP contribution >= 0.6 is 0 Å². The highest BCUT2D eigenvalue weighted by Crippen LogP contribution is 2.68. The number of fused-ring (bicyclic) bond motifs is 1. The quantitative estimate of drug-likeness (QED) is 0.410. The minimum absolute atomic E-state index is 0.0973. The van der Waals surface area contributed by atoms with Gasteiger partial charge in [-0.1, -0.05) is 49.4 Å². The van der Waals surface area contributed by atoms with Crippen molar-refractivity contribution >= 4 is 0 Å². The van der Waals surface area contributed by atoms with Crippen LogP contribution in [0.3, 0.4) is 0 Å². The molecule has 6 atom stereocenters. The van der Waals surface area contributed by atoms with Crippen LogP contribution in [0, 0.1) is 22.5 Å². The van der Waals surface area contributed by atoms with E-state index in [0.717, 1.165) is 38.0 Å². The lowest BCUT2D eigenvalue weighted by atomic mass is 9.58. The molecule has 0 N–H and O–H groups in total. The van der Waals surface area contributed by atoms with E-state index in [-0.39, 0.29) is 21.9 Å². The number of allylic oxidation sites excluding steroid dienone is 1. The minimum atomic E-state index is -0.184. The van der Waals surface area contributed by atoms with Gasteiger partial charge in [-0.15, -0.1) is 0 Å². The van der Waals surface area contributed by atoms with Gasteiger partial charge < -0.3 is 14.6 Å². The number of hydrogen-bond donors (Lipinski definition) is 0. The fourth-order valence-electron chi connectivity index (χ4n) is 8.47. The standard InChI is InChI=1S/C29H39NO2/c1-27-16-15-24-19-23-11-13-25(30(2,3)31)20-28(23)17-18-29(24,32-28)26(27)14-12-22(27)10-9-21-7-5-4-6-8-21/h4-8,15,19,22,25-26H,9-14,16-18,20H2,1-3H3/t22-,25-,26+,27+,28+,29?/m0/s1. The number of benzene rings is 1. The van der Waals surface area contributed by atoms with Crippen molar-refractivity contribution in [2.45, 2.75) is 88.4 Å². The summed E-state index contributed by atoms with van der Waals surface area (Å²) < 4.78 is 7.13. The fraction of sp³-hybridized carbons (Fsp3) is 0.655. The Hall–Kier alpha value is -1.42. The molecule has 32 heavy (non-hydrogen) atoms. The molecule has 5 aliphatic rings. The Morgan fingerprint density at radius 1 is 1.09 bits per heavy atom. The van der Waals surface area contributed by atoms with E-state index in [0.29, 0.717) is 11.3 Å². The molecule has 2 aliphatic heterocycles. The van der Waals surface area contributed by atoms with E-state index in [9.17, 15) is 5.21 Å². The van der Waals surface area contributed by atoms with Crippen LogP contribution in [0.25, 0.3) is 0 Å². The zero-order valence-corrected chi connectivity index (χ0v) is 20.1. The average Bonchev–Trinajstić information content (AvgIpc) is 3.27. The van der Waals surface area contributed by atoms with Crippen LogP contribution in [0.15, 0.2) is 53.6 Å². The van der Waals surface area contributed by atoms with Crippen molar-refractivity contribution in [3.63, 3.8) is 0 Å². The first kappa shape index (κ1) is 21.1. The Balaban J connectivity index is 1.28. The van der Waals surface area contributed by atoms with Gasteiger partial charge in [-0.05, 0) is 85.3 Å². The van der Waals surface area contributed by atoms with Gasteiger partial charge in [-0.3, -0.25) is 0 Å². The largest absolute Gasteiger partial charge is 0.633 e. The Morgan fingerprint density at radius 2 is 1.91 bits per heavy atom. The van der Waals surface area contributed by atoms with Gasteiger partial charge in [0.05, 0.1) is 31.3 Å². The van der Waals surface area contributed by atoms with Crippen LogP contribution in [0.5, 0.6) is 0 Å². The van der Waals surface area contributed by atoms with Gasteiger partial charge in [0.2, 0.25) is 0 Å². The van der Waals surface area contributed by atoms with Crippen LogP contribution in [0.2, 0.25) is 0 Å². The molecule has 2 bridgehead atoms. The lowest BCUT2D eigenvalue weighted by Crippen LogP contribution is -2.57. The molecule has 3 heteroatoms. The van der Waals surface area contributed by atoms with E-state index < -0.39 is 0 Å². The zero-order chi connectivity index (χ0) is 22.2. The molecule has 1 unspecified atom stereocenters. The molecular weight excluding hydrogens is 394 g/mol. The highest BCUT2D eigenvalue weighted by Gasteiger charge is 2.66. The molecule has 0 aromatic heterocycles. The molecule has 172 valence electrons. The number of rotatable bonds is 4. The molecular formula is C29H39NO2. The molecule has 3 fully saturated rings. The third-order valence-corrected chi connectivity index (χ3v) is 10.4. The molecule has 3 aliphatic carbocycles. The summed E-state index contributed by atoms with van der Waals surface area (Å²) in [5.41, 5.74) is 4.51. The van der Waals surface area contributed by atoms with Gasteiger partial charge in [0, 0.05) is 12.8 Å². The Labute approximate surface area is 193 Å². The molecule has 2 saturated carbocycles. The first-order valence-corrected chi connectivity index (χ1v) is 13.0. The van der Waals surface area contributed by atoms with Crippen molar-refractivity contribution in [2.24, 2.45) is 17.3 Å². The van der Waals surface area contributed by atoms with Crippen molar-refractivity contribution in [1.29, 1.82) is 0 Å². The SMILES string of the molecule is C[C@]12CC=C3C=C4CC[C@H]([N+](C)(C)[O-])C[C@]45CCC3(O5)[C@@H]1CC[C@@H]2CCc1ccccc1. The first-order valence-electron chi connectivity index (χ1n) is 13.0. The Bertz CT molecular complexity index is 959. The van der Waals surface area contributed by atoms with Crippen molar-refractivity contribution in [3.8, 4) is 0 Å². The summed E-state index contributed by atoms with van der Waals surface area (Å²) >= 11 is 0. The number of hydrogen-bond acceptors (Lipinski definition) is 2. The number of nitrogens with zero attached hydrogens (tertiary/aromatic N) is 1. The number of ether oxygens (including phenoxy) is 1. The van der Waals surface area contributed by atoms with E-state index in [1.807, 2.05) is 14.1 Å². The topological polar surface area (TPSA) is 32.3 Å². The predicted octanol–water partition coefficient (Wildman–Crippen LogP) is 6.34. The van der Waals surface area contributed by atoms with Gasteiger partial charge in [-0.25, -0.2) is 0 Å². The van der Waals surface area contributed by atoms with Gasteiger partial charge in [-0.2, -0.15) is 0 Å². The fourth-order valence-corrected chi connectivity index (χ4v) is 8.47. The molecule has 1 aromatic carbocycles. The maximum atomic E-state index is 12.8. The molecule has 1 saturated heterocycles. The summed E-state index contributed by atoms with van der Waals surface area (Å²) in [5.74, 6) is 1.38. The second kappa shape index (κ2) is 7.04. The van der Waals surface area contributed by atoms with Crippen molar-refractivity contribution < 1.29 is 9.38 Å². The van der Waals surface area contributed by atoms with E-state index in [1.54, 1.807) is 0 Å². The average molecular weight is 434 g/mol. The Morgan fingerprint density at radius 3 is 2.69 bits per heavy atom. The first-order chi connectivity index (χ1) is 15.3. The smallest absolute Gasteiger partial charge is 0.0974 e. The second-order valence-electron chi connectivity index (χ2n) is 12.2. The lowest BCUT2D eigenvalue weighted by Gasteiger charge is -2.55. The van der Waals surface area contributed by atoms with Crippen LogP contribution < -0.4 is 0 Å². The minimum Gasteiger partial charge on any atom is -0.633 e. The van der Waals surface area contributed by atoms with Crippen molar-refractivity contribution in [3.05, 3.63) is 64.4 Å². The van der Waals surface area contributed by atoms with Crippen LogP contribution in [-0.4, -0.2) is 36.0 Å².